The highest BCUT2D eigenvalue weighted by Crippen LogP contribution is 2.44. The number of para-hydroxylation sites is 1. The Morgan fingerprint density at radius 1 is 1.05 bits per heavy atom. The molecular weight excluding hydrogens is 559 g/mol. The van der Waals surface area contributed by atoms with Crippen molar-refractivity contribution in [1.29, 1.82) is 0 Å². The first-order valence-electron chi connectivity index (χ1n) is 12.3. The van der Waals surface area contributed by atoms with Crippen LogP contribution in [0.2, 0.25) is 0 Å². The largest absolute Gasteiger partial charge is 0.478 e. The van der Waals surface area contributed by atoms with Gasteiger partial charge in [0.25, 0.3) is 0 Å². The summed E-state index contributed by atoms with van der Waals surface area (Å²) < 4.78 is 32.2. The van der Waals surface area contributed by atoms with Crippen LogP contribution in [0.15, 0.2) is 55.1 Å². The molecule has 0 bridgehead atoms. The maximum atomic E-state index is 13.6. The molecule has 3 atom stereocenters. The first-order chi connectivity index (χ1) is 19.3. The maximum Gasteiger partial charge on any atom is 0.342 e. The van der Waals surface area contributed by atoms with Gasteiger partial charge in [-0.2, -0.15) is 0 Å². The van der Waals surface area contributed by atoms with E-state index >= 15 is 0 Å². The van der Waals surface area contributed by atoms with Crippen molar-refractivity contribution in [2.45, 2.75) is 52.5 Å². The molecule has 16 heteroatoms. The molecule has 0 radical (unpaired) electrons. The number of carboxylic acid groups (broad SMARTS) is 2. The van der Waals surface area contributed by atoms with Gasteiger partial charge in [0, 0.05) is 12.2 Å². The lowest BCUT2D eigenvalue weighted by atomic mass is 10.3. The number of esters is 1. The number of aliphatic carboxylic acids is 2. The van der Waals surface area contributed by atoms with Crippen LogP contribution in [0.5, 0.6) is 5.75 Å². The zero-order valence-corrected chi connectivity index (χ0v) is 23.8. The number of fused-ring (bicyclic) bond motifs is 1. The van der Waals surface area contributed by atoms with Crippen molar-refractivity contribution in [3.8, 4) is 5.75 Å². The number of hydrogen-bond acceptors (Lipinski definition) is 11. The molecule has 2 aromatic heterocycles. The second kappa shape index (κ2) is 15.5. The number of nitrogens with two attached hydrogens (primary N) is 1. The van der Waals surface area contributed by atoms with Crippen LogP contribution >= 0.6 is 7.52 Å². The highest BCUT2D eigenvalue weighted by molar-refractivity contribution is 7.57. The molecule has 0 aliphatic rings. The highest BCUT2D eigenvalue weighted by atomic mass is 31.2. The molecule has 0 spiro atoms. The Kier molecular flexibility index (Phi) is 12.4. The number of rotatable bonds is 13. The van der Waals surface area contributed by atoms with Crippen LogP contribution in [0, 0.1) is 0 Å². The number of nitrogen functional groups attached to an aromatic ring is 1. The topological polar surface area (TPSA) is 218 Å². The number of imidazole rings is 1. The van der Waals surface area contributed by atoms with Crippen LogP contribution in [0.4, 0.5) is 5.82 Å². The minimum atomic E-state index is -3.64. The van der Waals surface area contributed by atoms with Crippen molar-refractivity contribution in [1.82, 2.24) is 24.6 Å². The second-order valence-electron chi connectivity index (χ2n) is 8.86. The molecule has 0 fully saturated rings. The van der Waals surface area contributed by atoms with E-state index in [1.165, 1.54) is 6.33 Å². The SMILES string of the molecule is CC(C)OC(=O)C(C)N[P@](=O)(COC(C)Cn1cnc2c(N)ncnc21)Oc1ccccc1.O=C(O)/C=C/C(=O)O. The number of ether oxygens (including phenoxy) is 2. The van der Waals surface area contributed by atoms with Crippen molar-refractivity contribution in [2.75, 3.05) is 12.1 Å². The van der Waals surface area contributed by atoms with E-state index in [0.29, 0.717) is 41.4 Å². The molecule has 0 aliphatic heterocycles. The zero-order valence-electron chi connectivity index (χ0n) is 22.9. The number of anilines is 1. The van der Waals surface area contributed by atoms with Gasteiger partial charge in [-0.25, -0.2) is 29.6 Å². The number of carbonyl (C=O) groups is 3. The number of aromatic nitrogens is 4. The number of benzene rings is 1. The van der Waals surface area contributed by atoms with Gasteiger partial charge >= 0.3 is 25.4 Å². The summed E-state index contributed by atoms with van der Waals surface area (Å²) in [6.07, 6.45) is 3.13. The molecule has 41 heavy (non-hydrogen) atoms. The van der Waals surface area contributed by atoms with Crippen molar-refractivity contribution in [3.05, 3.63) is 55.1 Å². The van der Waals surface area contributed by atoms with Crippen molar-refractivity contribution >= 4 is 42.4 Å². The van der Waals surface area contributed by atoms with Gasteiger partial charge in [0.05, 0.1) is 25.1 Å². The lowest BCUT2D eigenvalue weighted by Crippen LogP contribution is -2.37. The lowest BCUT2D eigenvalue weighted by Gasteiger charge is -2.25. The van der Waals surface area contributed by atoms with E-state index in [4.69, 9.17) is 29.9 Å². The minimum Gasteiger partial charge on any atom is -0.478 e. The summed E-state index contributed by atoms with van der Waals surface area (Å²) in [4.78, 5) is 43.7. The van der Waals surface area contributed by atoms with Gasteiger partial charge in [-0.15, -0.1) is 0 Å². The van der Waals surface area contributed by atoms with Crippen molar-refractivity contribution < 1.29 is 43.2 Å². The van der Waals surface area contributed by atoms with Crippen LogP contribution in [0.25, 0.3) is 11.2 Å². The van der Waals surface area contributed by atoms with E-state index in [2.05, 4.69) is 20.0 Å². The highest BCUT2D eigenvalue weighted by Gasteiger charge is 2.32. The fourth-order valence-electron chi connectivity index (χ4n) is 3.15. The molecule has 3 aromatic rings. The van der Waals surface area contributed by atoms with Crippen molar-refractivity contribution in [2.24, 2.45) is 0 Å². The zero-order chi connectivity index (χ0) is 30.6. The number of nitrogens with one attached hydrogen (secondary N) is 1. The fraction of sp³-hybridized carbons (Fsp3) is 0.360. The van der Waals surface area contributed by atoms with E-state index in [0.717, 1.165) is 0 Å². The average Bonchev–Trinajstić information content (AvgIpc) is 3.30. The van der Waals surface area contributed by atoms with E-state index in [9.17, 15) is 18.9 Å². The molecular formula is C25H33N6O9P. The Morgan fingerprint density at radius 2 is 1.68 bits per heavy atom. The lowest BCUT2D eigenvalue weighted by molar-refractivity contribution is -0.149. The molecule has 0 saturated heterocycles. The van der Waals surface area contributed by atoms with Crippen LogP contribution < -0.4 is 15.3 Å². The van der Waals surface area contributed by atoms with Gasteiger partial charge in [0.2, 0.25) is 0 Å². The minimum absolute atomic E-state index is 0.272. The Morgan fingerprint density at radius 3 is 2.27 bits per heavy atom. The average molecular weight is 593 g/mol. The van der Waals surface area contributed by atoms with E-state index in [-0.39, 0.29) is 18.6 Å². The quantitative estimate of drug-likeness (QED) is 0.127. The monoisotopic (exact) mass is 592 g/mol. The second-order valence-corrected chi connectivity index (χ2v) is 10.9. The Balaban J connectivity index is 0.000000642. The molecule has 0 saturated carbocycles. The van der Waals surface area contributed by atoms with Gasteiger partial charge < -0.3 is 34.5 Å². The van der Waals surface area contributed by atoms with E-state index in [1.807, 2.05) is 13.0 Å². The van der Waals surface area contributed by atoms with E-state index < -0.39 is 31.5 Å². The maximum absolute atomic E-state index is 13.6. The summed E-state index contributed by atoms with van der Waals surface area (Å²) >= 11 is 0. The Bertz CT molecular complexity index is 1380. The summed E-state index contributed by atoms with van der Waals surface area (Å²) in [5.74, 6) is -2.36. The molecule has 0 aliphatic carbocycles. The van der Waals surface area contributed by atoms with Crippen LogP contribution in [-0.4, -0.2) is 72.2 Å². The number of carboxylic acids is 2. The van der Waals surface area contributed by atoms with Gasteiger partial charge in [-0.3, -0.25) is 9.36 Å². The van der Waals surface area contributed by atoms with Gasteiger partial charge in [-0.05, 0) is 39.8 Å². The van der Waals surface area contributed by atoms with E-state index in [1.54, 1.807) is 55.9 Å². The number of carbonyl (C=O) groups excluding carboxylic acids is 1. The summed E-state index contributed by atoms with van der Waals surface area (Å²) in [6.45, 7) is 7.25. The molecule has 3 rings (SSSR count). The molecule has 15 nitrogen and oxygen atoms in total. The first-order valence-corrected chi connectivity index (χ1v) is 14.1. The van der Waals surface area contributed by atoms with Crippen LogP contribution in [0.1, 0.15) is 27.7 Å². The number of hydrogen-bond donors (Lipinski definition) is 4. The van der Waals surface area contributed by atoms with Crippen LogP contribution in [0.3, 0.4) is 0 Å². The number of nitrogens with zero attached hydrogens (tertiary/aromatic N) is 4. The van der Waals surface area contributed by atoms with Crippen LogP contribution in [-0.2, 0) is 35.0 Å². The molecule has 2 unspecified atom stereocenters. The summed E-state index contributed by atoms with van der Waals surface area (Å²) in [5, 5.41) is 18.4. The molecule has 5 N–H and O–H groups in total. The normalized spacial score (nSPS) is 14.1. The molecule has 222 valence electrons. The fourth-order valence-corrected chi connectivity index (χ4v) is 4.94. The molecule has 1 aromatic carbocycles. The molecule has 2 heterocycles. The third-order valence-corrected chi connectivity index (χ3v) is 6.65. The third kappa shape index (κ3) is 11.4. The molecule has 0 amide bonds. The van der Waals surface area contributed by atoms with Gasteiger partial charge in [-0.1, -0.05) is 18.2 Å². The Labute approximate surface area is 235 Å². The van der Waals surface area contributed by atoms with Gasteiger partial charge in [0.15, 0.2) is 11.5 Å². The smallest absolute Gasteiger partial charge is 0.342 e. The summed E-state index contributed by atoms with van der Waals surface area (Å²) in [5.41, 5.74) is 6.91. The third-order valence-electron chi connectivity index (χ3n) is 4.87. The predicted molar refractivity (Wildman–Crippen MR) is 148 cm³/mol. The Hall–Kier alpha value is -4.33. The van der Waals surface area contributed by atoms with Crippen molar-refractivity contribution in [3.63, 3.8) is 0 Å². The summed E-state index contributed by atoms with van der Waals surface area (Å²) in [7, 11) is -3.64. The first kappa shape index (κ1) is 32.9. The summed E-state index contributed by atoms with van der Waals surface area (Å²) in [6, 6.07) is 7.83. The standard InChI is InChI=1S/C21H29N6O5P.C4H4O4/c1-14(2)31-21(28)16(4)26-33(29,32-17-8-6-5-7-9-17)13-30-15(3)10-27-12-25-18-19(22)23-11-24-20(18)27;5-3(6)1-2-4(7)8/h5-9,11-12,14-16H,10,13H2,1-4H3,(H,26,29)(H2,22,23,24);1-2H,(H,5,6)(H,7,8)/b;2-1+/t15?,16?,33-;/m0./s1. The van der Waals surface area contributed by atoms with Gasteiger partial charge in [0.1, 0.15) is 30.0 Å². The predicted octanol–water partition coefficient (Wildman–Crippen LogP) is 2.68.